The van der Waals surface area contributed by atoms with Crippen LogP contribution in [0.3, 0.4) is 0 Å². The van der Waals surface area contributed by atoms with Crippen LogP contribution < -0.4 is 5.32 Å². The lowest BCUT2D eigenvalue weighted by Gasteiger charge is -2.30. The number of methoxy groups -OCH3 is 1. The van der Waals surface area contributed by atoms with Crippen LogP contribution in [0.4, 0.5) is 0 Å². The van der Waals surface area contributed by atoms with Crippen molar-refractivity contribution in [3.05, 3.63) is 39.8 Å². The van der Waals surface area contributed by atoms with Gasteiger partial charge in [-0.05, 0) is 31.4 Å². The highest BCUT2D eigenvalue weighted by Crippen LogP contribution is 2.21. The molecule has 1 aliphatic rings. The Hall–Kier alpha value is -1.70. The van der Waals surface area contributed by atoms with E-state index in [-0.39, 0.29) is 12.0 Å². The molecule has 1 N–H and O–H groups in total. The van der Waals surface area contributed by atoms with Gasteiger partial charge in [-0.15, -0.1) is 11.3 Å². The molecule has 0 spiro atoms. The number of fused-ring (bicyclic) bond motifs is 1. The Morgan fingerprint density at radius 3 is 2.96 bits per heavy atom. The Balaban J connectivity index is 1.62. The zero-order valence-electron chi connectivity index (χ0n) is 14.4. The Labute approximate surface area is 146 Å². The molecule has 2 aromatic rings. The molecular weight excluding hydrogens is 324 g/mol. The summed E-state index contributed by atoms with van der Waals surface area (Å²) in [5.74, 6) is -0.147. The van der Waals surface area contributed by atoms with Crippen LogP contribution in [0.2, 0.25) is 0 Å². The maximum atomic E-state index is 12.4. The van der Waals surface area contributed by atoms with E-state index >= 15 is 0 Å². The molecule has 7 heteroatoms. The summed E-state index contributed by atoms with van der Waals surface area (Å²) in [5.41, 5.74) is 1.58. The third-order valence-electron chi connectivity index (χ3n) is 4.38. The molecule has 0 unspecified atom stereocenters. The third-order valence-corrected chi connectivity index (χ3v) is 5.35. The fourth-order valence-electron chi connectivity index (χ4n) is 2.89. The van der Waals surface area contributed by atoms with Gasteiger partial charge in [0.15, 0.2) is 0 Å². The fraction of sp³-hybridized carbons (Fsp3) is 0.529. The van der Waals surface area contributed by atoms with Crippen LogP contribution in [-0.4, -0.2) is 46.8 Å². The molecule has 1 amide bonds. The van der Waals surface area contributed by atoms with Crippen LogP contribution in [-0.2, 0) is 17.8 Å². The summed E-state index contributed by atoms with van der Waals surface area (Å²) in [7, 11) is 1.66. The van der Waals surface area contributed by atoms with Crippen LogP contribution in [0, 0.1) is 0 Å². The van der Waals surface area contributed by atoms with E-state index in [1.165, 1.54) is 0 Å². The smallest absolute Gasteiger partial charge is 0.271 e. The Bertz CT molecular complexity index is 681. The van der Waals surface area contributed by atoms with Crippen molar-refractivity contribution >= 4 is 17.2 Å². The van der Waals surface area contributed by atoms with Crippen molar-refractivity contribution in [2.45, 2.75) is 39.1 Å². The molecular formula is C17H24N4O2S. The van der Waals surface area contributed by atoms with Gasteiger partial charge in [-0.2, -0.15) is 5.10 Å². The first-order valence-electron chi connectivity index (χ1n) is 8.23. The standard InChI is InChI=1S/C17H24N4O2S/c1-12(2)20-6-7-21-13(11-20)9-14(19-21)17(22)18-10-15(23-3)16-5-4-8-24-16/h4-5,8-9,12,15H,6-7,10-11H2,1-3H3,(H,18,22)/t15-/m1/s1. The first-order valence-corrected chi connectivity index (χ1v) is 9.11. The number of thiophene rings is 1. The molecule has 130 valence electrons. The number of amides is 1. The predicted molar refractivity (Wildman–Crippen MR) is 94.2 cm³/mol. The number of rotatable bonds is 6. The second-order valence-corrected chi connectivity index (χ2v) is 7.24. The first-order chi connectivity index (χ1) is 11.6. The molecule has 1 aliphatic heterocycles. The van der Waals surface area contributed by atoms with Crippen LogP contribution in [0.15, 0.2) is 23.6 Å². The largest absolute Gasteiger partial charge is 0.374 e. The van der Waals surface area contributed by atoms with Gasteiger partial charge in [-0.3, -0.25) is 14.4 Å². The number of hydrogen-bond donors (Lipinski definition) is 1. The van der Waals surface area contributed by atoms with E-state index in [1.54, 1.807) is 18.4 Å². The molecule has 3 heterocycles. The monoisotopic (exact) mass is 348 g/mol. The highest BCUT2D eigenvalue weighted by Gasteiger charge is 2.22. The number of nitrogens with one attached hydrogen (secondary N) is 1. The molecule has 2 aromatic heterocycles. The second kappa shape index (κ2) is 7.46. The maximum Gasteiger partial charge on any atom is 0.271 e. The van der Waals surface area contributed by atoms with Gasteiger partial charge in [0.25, 0.3) is 5.91 Å². The quantitative estimate of drug-likeness (QED) is 0.870. The van der Waals surface area contributed by atoms with Gasteiger partial charge in [-0.1, -0.05) is 6.07 Å². The summed E-state index contributed by atoms with van der Waals surface area (Å²) >= 11 is 1.63. The Morgan fingerprint density at radius 1 is 1.46 bits per heavy atom. The number of carbonyl (C=O) groups is 1. The second-order valence-electron chi connectivity index (χ2n) is 6.26. The molecule has 0 fully saturated rings. The number of ether oxygens (including phenoxy) is 1. The van der Waals surface area contributed by atoms with Gasteiger partial charge in [0.1, 0.15) is 11.8 Å². The van der Waals surface area contributed by atoms with Gasteiger partial charge >= 0.3 is 0 Å². The highest BCUT2D eigenvalue weighted by atomic mass is 32.1. The lowest BCUT2D eigenvalue weighted by atomic mass is 10.2. The van der Waals surface area contributed by atoms with E-state index in [4.69, 9.17) is 4.74 Å². The molecule has 24 heavy (non-hydrogen) atoms. The van der Waals surface area contributed by atoms with Gasteiger partial charge < -0.3 is 10.1 Å². The van der Waals surface area contributed by atoms with Gasteiger partial charge in [0.05, 0.1) is 12.2 Å². The first kappa shape index (κ1) is 17.1. The average molecular weight is 348 g/mol. The van der Waals surface area contributed by atoms with Crippen molar-refractivity contribution in [3.8, 4) is 0 Å². The van der Waals surface area contributed by atoms with Crippen LogP contribution in [0.25, 0.3) is 0 Å². The van der Waals surface area contributed by atoms with Gasteiger partial charge in [0.2, 0.25) is 0 Å². The lowest BCUT2D eigenvalue weighted by molar-refractivity contribution is 0.0833. The molecule has 0 radical (unpaired) electrons. The minimum atomic E-state index is -0.147. The lowest BCUT2D eigenvalue weighted by Crippen LogP contribution is -2.38. The molecule has 0 saturated heterocycles. The average Bonchev–Trinajstić information content (AvgIpc) is 3.24. The van der Waals surface area contributed by atoms with E-state index < -0.39 is 0 Å². The van der Waals surface area contributed by atoms with Gasteiger partial charge in [0, 0.05) is 37.7 Å². The van der Waals surface area contributed by atoms with Crippen LogP contribution in [0.1, 0.15) is 41.0 Å². The minimum absolute atomic E-state index is 0.123. The summed E-state index contributed by atoms with van der Waals surface area (Å²) in [5, 5.41) is 9.39. The van der Waals surface area contributed by atoms with Crippen molar-refractivity contribution < 1.29 is 9.53 Å². The van der Waals surface area contributed by atoms with Crippen molar-refractivity contribution in [3.63, 3.8) is 0 Å². The summed E-state index contributed by atoms with van der Waals surface area (Å²) in [6, 6.07) is 6.40. The van der Waals surface area contributed by atoms with Crippen molar-refractivity contribution in [1.82, 2.24) is 20.0 Å². The third kappa shape index (κ3) is 3.68. The van der Waals surface area contributed by atoms with Crippen LogP contribution in [0.5, 0.6) is 0 Å². The molecule has 0 aromatic carbocycles. The Morgan fingerprint density at radius 2 is 2.29 bits per heavy atom. The minimum Gasteiger partial charge on any atom is -0.374 e. The van der Waals surface area contributed by atoms with E-state index in [2.05, 4.69) is 29.2 Å². The number of nitrogens with zero attached hydrogens (tertiary/aromatic N) is 3. The molecule has 1 atom stereocenters. The fourth-order valence-corrected chi connectivity index (χ4v) is 3.69. The van der Waals surface area contributed by atoms with E-state index in [9.17, 15) is 4.79 Å². The summed E-state index contributed by atoms with van der Waals surface area (Å²) < 4.78 is 7.41. The van der Waals surface area contributed by atoms with Crippen molar-refractivity contribution in [2.75, 3.05) is 20.2 Å². The molecule has 0 bridgehead atoms. The zero-order chi connectivity index (χ0) is 17.1. The van der Waals surface area contributed by atoms with Gasteiger partial charge in [-0.25, -0.2) is 0 Å². The summed E-state index contributed by atoms with van der Waals surface area (Å²) in [6.07, 6.45) is -0.123. The van der Waals surface area contributed by atoms with E-state index in [1.807, 2.05) is 28.3 Å². The topological polar surface area (TPSA) is 59.4 Å². The predicted octanol–water partition coefficient (Wildman–Crippen LogP) is 2.29. The normalized spacial score (nSPS) is 16.2. The van der Waals surface area contributed by atoms with E-state index in [0.717, 1.165) is 30.2 Å². The van der Waals surface area contributed by atoms with Crippen molar-refractivity contribution in [1.29, 1.82) is 0 Å². The van der Waals surface area contributed by atoms with Crippen LogP contribution >= 0.6 is 11.3 Å². The maximum absolute atomic E-state index is 12.4. The SMILES string of the molecule is CO[C@H](CNC(=O)c1cc2n(n1)CCN(C(C)C)C2)c1cccs1. The zero-order valence-corrected chi connectivity index (χ0v) is 15.2. The Kier molecular flexibility index (Phi) is 5.33. The molecule has 0 saturated carbocycles. The molecule has 3 rings (SSSR count). The summed E-state index contributed by atoms with van der Waals surface area (Å²) in [6.45, 7) is 7.46. The van der Waals surface area contributed by atoms with Crippen molar-refractivity contribution in [2.24, 2.45) is 0 Å². The summed E-state index contributed by atoms with van der Waals surface area (Å²) in [4.78, 5) is 15.9. The highest BCUT2D eigenvalue weighted by molar-refractivity contribution is 7.10. The van der Waals surface area contributed by atoms with E-state index in [0.29, 0.717) is 18.3 Å². The number of hydrogen-bond acceptors (Lipinski definition) is 5. The number of carbonyl (C=O) groups excluding carboxylic acids is 1. The number of aromatic nitrogens is 2. The molecule has 0 aliphatic carbocycles. The molecule has 6 nitrogen and oxygen atoms in total.